The Hall–Kier alpha value is -2.33. The SMILES string of the molecule is CCCC1c2cc(NC)ccc2-c2ccc(NC(=O)CCCCCO)cc21. The molecule has 1 aliphatic rings. The maximum atomic E-state index is 12.2. The minimum Gasteiger partial charge on any atom is -0.396 e. The van der Waals surface area contributed by atoms with Crippen molar-refractivity contribution >= 4 is 17.3 Å². The number of fused-ring (bicyclic) bond motifs is 3. The van der Waals surface area contributed by atoms with Crippen LogP contribution in [0.15, 0.2) is 36.4 Å². The molecule has 1 amide bonds. The van der Waals surface area contributed by atoms with Crippen LogP contribution >= 0.6 is 0 Å². The molecule has 1 atom stereocenters. The Kier molecular flexibility index (Phi) is 6.51. The molecule has 0 bridgehead atoms. The van der Waals surface area contributed by atoms with Crippen LogP contribution in [0.2, 0.25) is 0 Å². The molecule has 2 aromatic carbocycles. The highest BCUT2D eigenvalue weighted by atomic mass is 16.2. The zero-order valence-corrected chi connectivity index (χ0v) is 16.3. The Bertz CT molecular complexity index is 801. The number of rotatable bonds is 9. The topological polar surface area (TPSA) is 61.4 Å². The van der Waals surface area contributed by atoms with Gasteiger partial charge in [0.15, 0.2) is 0 Å². The number of anilines is 2. The van der Waals surface area contributed by atoms with E-state index < -0.39 is 0 Å². The van der Waals surface area contributed by atoms with E-state index in [2.05, 4.69) is 47.9 Å². The first-order valence-corrected chi connectivity index (χ1v) is 10.0. The second-order valence-corrected chi connectivity index (χ2v) is 7.28. The van der Waals surface area contributed by atoms with Crippen molar-refractivity contribution in [3.8, 4) is 11.1 Å². The predicted octanol–water partition coefficient (Wildman–Crippen LogP) is 5.13. The number of hydrogen-bond donors (Lipinski definition) is 3. The van der Waals surface area contributed by atoms with Crippen molar-refractivity contribution in [1.82, 2.24) is 0 Å². The minimum absolute atomic E-state index is 0.0490. The van der Waals surface area contributed by atoms with E-state index in [-0.39, 0.29) is 12.5 Å². The summed E-state index contributed by atoms with van der Waals surface area (Å²) in [5.41, 5.74) is 7.31. The molecule has 144 valence electrons. The van der Waals surface area contributed by atoms with Gasteiger partial charge in [-0.3, -0.25) is 4.79 Å². The molecule has 0 fully saturated rings. The first-order valence-electron chi connectivity index (χ1n) is 10.0. The lowest BCUT2D eigenvalue weighted by molar-refractivity contribution is -0.116. The maximum Gasteiger partial charge on any atom is 0.224 e. The highest BCUT2D eigenvalue weighted by Gasteiger charge is 2.28. The van der Waals surface area contributed by atoms with Crippen LogP contribution in [0, 0.1) is 0 Å². The van der Waals surface area contributed by atoms with E-state index in [1.54, 1.807) is 0 Å². The molecule has 1 aliphatic carbocycles. The largest absolute Gasteiger partial charge is 0.396 e. The third-order valence-electron chi connectivity index (χ3n) is 5.36. The molecular formula is C23H30N2O2. The zero-order valence-electron chi connectivity index (χ0n) is 16.3. The summed E-state index contributed by atoms with van der Waals surface area (Å²) in [6.45, 7) is 2.42. The first kappa shape index (κ1) is 19.4. The number of aliphatic hydroxyl groups is 1. The average molecular weight is 367 g/mol. The highest BCUT2D eigenvalue weighted by molar-refractivity contribution is 5.92. The van der Waals surface area contributed by atoms with Crippen molar-refractivity contribution in [2.75, 3.05) is 24.3 Å². The van der Waals surface area contributed by atoms with Gasteiger partial charge in [0.2, 0.25) is 5.91 Å². The summed E-state index contributed by atoms with van der Waals surface area (Å²) in [7, 11) is 1.95. The van der Waals surface area contributed by atoms with E-state index in [1.165, 1.54) is 22.3 Å². The molecule has 4 nitrogen and oxygen atoms in total. The van der Waals surface area contributed by atoms with Crippen molar-refractivity contribution in [3.63, 3.8) is 0 Å². The Morgan fingerprint density at radius 2 is 1.67 bits per heavy atom. The number of amides is 1. The van der Waals surface area contributed by atoms with Crippen molar-refractivity contribution in [2.45, 2.75) is 51.4 Å². The highest BCUT2D eigenvalue weighted by Crippen LogP contribution is 2.48. The Morgan fingerprint density at radius 3 is 2.30 bits per heavy atom. The first-order chi connectivity index (χ1) is 13.2. The quantitative estimate of drug-likeness (QED) is 0.539. The van der Waals surface area contributed by atoms with Gasteiger partial charge in [-0.2, -0.15) is 0 Å². The molecule has 0 heterocycles. The van der Waals surface area contributed by atoms with Crippen molar-refractivity contribution in [3.05, 3.63) is 47.5 Å². The van der Waals surface area contributed by atoms with Crippen molar-refractivity contribution in [1.29, 1.82) is 0 Å². The zero-order chi connectivity index (χ0) is 19.2. The number of carbonyl (C=O) groups is 1. The Morgan fingerprint density at radius 1 is 1.00 bits per heavy atom. The smallest absolute Gasteiger partial charge is 0.224 e. The van der Waals surface area contributed by atoms with E-state index in [9.17, 15) is 4.79 Å². The van der Waals surface area contributed by atoms with Crippen molar-refractivity contribution < 1.29 is 9.90 Å². The molecule has 1 unspecified atom stereocenters. The van der Waals surface area contributed by atoms with Crippen LogP contribution in [-0.4, -0.2) is 24.7 Å². The minimum atomic E-state index is 0.0490. The molecule has 0 saturated carbocycles. The van der Waals surface area contributed by atoms with E-state index in [0.717, 1.165) is 43.5 Å². The van der Waals surface area contributed by atoms with Gasteiger partial charge in [0.1, 0.15) is 0 Å². The summed E-state index contributed by atoms with van der Waals surface area (Å²) in [6, 6.07) is 12.9. The van der Waals surface area contributed by atoms with E-state index >= 15 is 0 Å². The van der Waals surface area contributed by atoms with Crippen LogP contribution in [-0.2, 0) is 4.79 Å². The molecule has 0 spiro atoms. The summed E-state index contributed by atoms with van der Waals surface area (Å²) in [5, 5.41) is 15.1. The molecule has 3 N–H and O–H groups in total. The maximum absolute atomic E-state index is 12.2. The standard InChI is InChI=1S/C23H30N2O2/c1-3-7-18-21-14-16(24-2)9-11-19(21)20-12-10-17(15-22(18)20)25-23(27)8-5-4-6-13-26/h9-12,14-15,18,24,26H,3-8,13H2,1-2H3,(H,25,27). The van der Waals surface area contributed by atoms with Crippen LogP contribution in [0.3, 0.4) is 0 Å². The lowest BCUT2D eigenvalue weighted by Crippen LogP contribution is -2.11. The fourth-order valence-electron chi connectivity index (χ4n) is 3.99. The van der Waals surface area contributed by atoms with Crippen LogP contribution in [0.4, 0.5) is 11.4 Å². The lowest BCUT2D eigenvalue weighted by Gasteiger charge is -2.14. The summed E-state index contributed by atoms with van der Waals surface area (Å²) in [5.74, 6) is 0.433. The molecule has 2 aromatic rings. The van der Waals surface area contributed by atoms with Crippen LogP contribution in [0.5, 0.6) is 0 Å². The number of unbranched alkanes of at least 4 members (excludes halogenated alkanes) is 2. The molecule has 0 aliphatic heterocycles. The normalized spacial score (nSPS) is 14.6. The summed E-state index contributed by atoms with van der Waals surface area (Å²) < 4.78 is 0. The van der Waals surface area contributed by atoms with E-state index in [1.807, 2.05) is 13.1 Å². The van der Waals surface area contributed by atoms with Gasteiger partial charge < -0.3 is 15.7 Å². The van der Waals surface area contributed by atoms with E-state index in [4.69, 9.17) is 5.11 Å². The number of carbonyl (C=O) groups excluding carboxylic acids is 1. The Labute approximate surface area is 162 Å². The van der Waals surface area contributed by atoms with Crippen LogP contribution in [0.1, 0.15) is 62.5 Å². The Balaban J connectivity index is 1.79. The summed E-state index contributed by atoms with van der Waals surface area (Å²) in [6.07, 6.45) is 5.18. The lowest BCUT2D eigenvalue weighted by atomic mass is 9.92. The van der Waals surface area contributed by atoms with E-state index in [0.29, 0.717) is 12.3 Å². The number of hydrogen-bond acceptors (Lipinski definition) is 3. The van der Waals surface area contributed by atoms with Gasteiger partial charge in [-0.25, -0.2) is 0 Å². The average Bonchev–Trinajstić information content (AvgIpc) is 2.98. The van der Waals surface area contributed by atoms with Gasteiger partial charge in [0.05, 0.1) is 0 Å². The second-order valence-electron chi connectivity index (χ2n) is 7.28. The monoisotopic (exact) mass is 366 g/mol. The number of aliphatic hydroxyl groups excluding tert-OH is 1. The van der Waals surface area contributed by atoms with Crippen LogP contribution < -0.4 is 10.6 Å². The van der Waals surface area contributed by atoms with Gasteiger partial charge in [0.25, 0.3) is 0 Å². The summed E-state index contributed by atoms with van der Waals surface area (Å²) in [4.78, 5) is 12.2. The molecule has 4 heteroatoms. The van der Waals surface area contributed by atoms with Gasteiger partial charge in [0, 0.05) is 37.4 Å². The van der Waals surface area contributed by atoms with Gasteiger partial charge in [-0.05, 0) is 65.8 Å². The molecule has 0 saturated heterocycles. The van der Waals surface area contributed by atoms with Gasteiger partial charge in [-0.15, -0.1) is 0 Å². The molecular weight excluding hydrogens is 336 g/mol. The molecule has 0 aromatic heterocycles. The molecule has 27 heavy (non-hydrogen) atoms. The summed E-state index contributed by atoms with van der Waals surface area (Å²) >= 11 is 0. The van der Waals surface area contributed by atoms with Gasteiger partial charge in [-0.1, -0.05) is 31.9 Å². The van der Waals surface area contributed by atoms with Crippen LogP contribution in [0.25, 0.3) is 11.1 Å². The predicted molar refractivity (Wildman–Crippen MR) is 112 cm³/mol. The van der Waals surface area contributed by atoms with Gasteiger partial charge >= 0.3 is 0 Å². The second kappa shape index (κ2) is 9.05. The number of benzene rings is 2. The fourth-order valence-corrected chi connectivity index (χ4v) is 3.99. The number of nitrogens with one attached hydrogen (secondary N) is 2. The molecule has 3 rings (SSSR count). The third-order valence-corrected chi connectivity index (χ3v) is 5.36. The molecule has 0 radical (unpaired) electrons. The van der Waals surface area contributed by atoms with Crippen molar-refractivity contribution in [2.24, 2.45) is 0 Å². The third kappa shape index (κ3) is 4.33. The fraction of sp³-hybridized carbons (Fsp3) is 0.435.